The highest BCUT2D eigenvalue weighted by Gasteiger charge is 2.37. The molecule has 3 aromatic rings. The van der Waals surface area contributed by atoms with Crippen molar-refractivity contribution in [1.82, 2.24) is 0 Å². The van der Waals surface area contributed by atoms with E-state index in [1.165, 1.54) is 5.56 Å². The molecular weight excluding hydrogens is 773 g/mol. The molecule has 1 amide bonds. The number of hydrogen-bond acceptors (Lipinski definition) is 5. The van der Waals surface area contributed by atoms with E-state index < -0.39 is 0 Å². The quantitative estimate of drug-likeness (QED) is 0.261. The van der Waals surface area contributed by atoms with E-state index in [-0.39, 0.29) is 18.6 Å². The van der Waals surface area contributed by atoms with E-state index in [9.17, 15) is 9.90 Å². The Bertz CT molecular complexity index is 1300. The summed E-state index contributed by atoms with van der Waals surface area (Å²) in [5.41, 5.74) is 5.37. The molecule has 2 aliphatic rings. The predicted octanol–water partition coefficient (Wildman–Crippen LogP) is 5.58. The summed E-state index contributed by atoms with van der Waals surface area (Å²) in [5, 5.41) is 13.2. The summed E-state index contributed by atoms with van der Waals surface area (Å²) in [5.74, 6) is 1.05. The summed E-state index contributed by atoms with van der Waals surface area (Å²) in [6.07, 6.45) is 0.834. The highest BCUT2D eigenvalue weighted by atomic mass is 127. The number of aliphatic hydroxyl groups is 1. The summed E-state index contributed by atoms with van der Waals surface area (Å²) < 4.78 is 15.1. The molecule has 0 spiro atoms. The van der Waals surface area contributed by atoms with Gasteiger partial charge in [0.2, 0.25) is 0 Å². The van der Waals surface area contributed by atoms with E-state index >= 15 is 0 Å². The van der Waals surface area contributed by atoms with Crippen LogP contribution in [0.1, 0.15) is 27.0 Å². The zero-order valence-corrected chi connectivity index (χ0v) is 24.7. The summed E-state index contributed by atoms with van der Waals surface area (Å²) in [6, 6.07) is 13.8. The normalized spacial score (nSPS) is 16.3. The average molecular weight is 794 g/mol. The monoisotopic (exact) mass is 794 g/mol. The molecule has 1 atom stereocenters. The molecule has 0 bridgehead atoms. The molecule has 34 heavy (non-hydrogen) atoms. The number of carbonyl (C=O) groups excluding carboxylic acids is 1. The van der Waals surface area contributed by atoms with Crippen molar-refractivity contribution in [3.63, 3.8) is 0 Å². The van der Waals surface area contributed by atoms with Crippen LogP contribution in [0.15, 0.2) is 42.5 Å². The van der Waals surface area contributed by atoms with Crippen LogP contribution in [0.3, 0.4) is 0 Å². The van der Waals surface area contributed by atoms with Crippen LogP contribution in [0.2, 0.25) is 0 Å². The molecule has 2 heterocycles. The van der Waals surface area contributed by atoms with Gasteiger partial charge in [-0.2, -0.15) is 0 Å². The van der Waals surface area contributed by atoms with Crippen LogP contribution in [0.5, 0.6) is 11.5 Å². The molecule has 2 aliphatic heterocycles. The third-order valence-electron chi connectivity index (χ3n) is 6.20. The molecule has 9 heteroatoms. The Kier molecular flexibility index (Phi) is 7.15. The molecular formula is C25H21I3N2O4. The number of carbonyl (C=O) groups is 1. The molecule has 0 saturated carbocycles. The number of nitrogens with zero attached hydrogens (tertiary/aromatic N) is 1. The second kappa shape index (κ2) is 9.97. The van der Waals surface area contributed by atoms with Crippen LogP contribution in [0, 0.1) is 10.7 Å². The molecule has 2 N–H and O–H groups in total. The highest BCUT2D eigenvalue weighted by Crippen LogP contribution is 2.40. The second-order valence-electron chi connectivity index (χ2n) is 8.17. The van der Waals surface area contributed by atoms with Crippen molar-refractivity contribution in [3.05, 3.63) is 75.4 Å². The predicted molar refractivity (Wildman–Crippen MR) is 157 cm³/mol. The van der Waals surface area contributed by atoms with Gasteiger partial charge < -0.3 is 24.8 Å². The molecule has 0 saturated heterocycles. The highest BCUT2D eigenvalue weighted by molar-refractivity contribution is 14.1. The number of anilines is 2. The van der Waals surface area contributed by atoms with Crippen LogP contribution in [-0.2, 0) is 19.6 Å². The largest absolute Gasteiger partial charge is 0.493 e. The minimum Gasteiger partial charge on any atom is -0.493 e. The van der Waals surface area contributed by atoms with E-state index in [0.717, 1.165) is 39.6 Å². The van der Waals surface area contributed by atoms with Crippen molar-refractivity contribution in [1.29, 1.82) is 0 Å². The van der Waals surface area contributed by atoms with E-state index in [0.29, 0.717) is 30.2 Å². The van der Waals surface area contributed by atoms with Gasteiger partial charge >= 0.3 is 0 Å². The van der Waals surface area contributed by atoms with Crippen molar-refractivity contribution >= 4 is 85.1 Å². The van der Waals surface area contributed by atoms with Crippen LogP contribution >= 0.6 is 67.8 Å². The summed E-state index contributed by atoms with van der Waals surface area (Å²) >= 11 is 6.88. The van der Waals surface area contributed by atoms with Crippen LogP contribution in [-0.4, -0.2) is 30.7 Å². The lowest BCUT2D eigenvalue weighted by Gasteiger charge is -2.22. The van der Waals surface area contributed by atoms with Gasteiger partial charge in [-0.25, -0.2) is 0 Å². The number of amides is 1. The Labute approximate surface area is 238 Å². The maximum Gasteiger partial charge on any atom is 0.260 e. The molecule has 0 aromatic heterocycles. The minimum absolute atomic E-state index is 0.0206. The zero-order valence-electron chi connectivity index (χ0n) is 18.2. The van der Waals surface area contributed by atoms with E-state index in [1.807, 2.05) is 35.2 Å². The number of para-hydroxylation sites is 1. The van der Waals surface area contributed by atoms with Crippen molar-refractivity contribution in [2.45, 2.75) is 25.7 Å². The molecule has 0 radical (unpaired) electrons. The van der Waals surface area contributed by atoms with Gasteiger partial charge in [0.15, 0.2) is 11.5 Å². The number of aliphatic hydroxyl groups excluding tert-OH is 1. The fourth-order valence-electron chi connectivity index (χ4n) is 4.50. The van der Waals surface area contributed by atoms with E-state index in [1.54, 1.807) is 13.2 Å². The molecule has 0 fully saturated rings. The van der Waals surface area contributed by atoms with Crippen molar-refractivity contribution < 1.29 is 19.4 Å². The van der Waals surface area contributed by atoms with Crippen LogP contribution in [0.25, 0.3) is 0 Å². The third-order valence-corrected chi connectivity index (χ3v) is 11.8. The Morgan fingerprint density at radius 3 is 2.59 bits per heavy atom. The second-order valence-corrected chi connectivity index (χ2v) is 11.4. The lowest BCUT2D eigenvalue weighted by atomic mass is 10.1. The zero-order chi connectivity index (χ0) is 24.0. The van der Waals surface area contributed by atoms with Crippen molar-refractivity contribution in [2.75, 3.05) is 23.9 Å². The minimum atomic E-state index is -0.0332. The first-order chi connectivity index (χ1) is 16.4. The van der Waals surface area contributed by atoms with Gasteiger partial charge in [-0.15, -0.1) is 0 Å². The van der Waals surface area contributed by atoms with Crippen LogP contribution in [0.4, 0.5) is 11.4 Å². The van der Waals surface area contributed by atoms with Crippen molar-refractivity contribution in [3.8, 4) is 11.5 Å². The maximum atomic E-state index is 13.6. The number of benzene rings is 3. The number of hydrogen-bond donors (Lipinski definition) is 2. The van der Waals surface area contributed by atoms with E-state index in [4.69, 9.17) is 9.47 Å². The maximum absolute atomic E-state index is 13.6. The number of halogens is 3. The molecule has 6 nitrogen and oxygen atoms in total. The van der Waals surface area contributed by atoms with Gasteiger partial charge in [-0.1, -0.05) is 18.2 Å². The number of methoxy groups -OCH3 is 1. The van der Waals surface area contributed by atoms with Gasteiger partial charge in [0.05, 0.1) is 31.0 Å². The van der Waals surface area contributed by atoms with Gasteiger partial charge in [0.1, 0.15) is 6.61 Å². The van der Waals surface area contributed by atoms with Crippen molar-refractivity contribution in [2.24, 2.45) is 0 Å². The summed E-state index contributed by atoms with van der Waals surface area (Å²) in [7, 11) is 1.58. The molecule has 3 aromatic carbocycles. The molecule has 0 unspecified atom stereocenters. The first kappa shape index (κ1) is 24.4. The first-order valence-corrected chi connectivity index (χ1v) is 13.9. The Morgan fingerprint density at radius 2 is 1.82 bits per heavy atom. The van der Waals surface area contributed by atoms with Gasteiger partial charge in [0, 0.05) is 34.6 Å². The third kappa shape index (κ3) is 4.26. The topological polar surface area (TPSA) is 71.0 Å². The van der Waals surface area contributed by atoms with Gasteiger partial charge in [-0.05, 0) is 104 Å². The number of ether oxygens (including phenoxy) is 2. The van der Waals surface area contributed by atoms with Gasteiger partial charge in [0.25, 0.3) is 5.91 Å². The Hall–Kier alpha value is -1.32. The number of fused-ring (bicyclic) bond motifs is 4. The summed E-state index contributed by atoms with van der Waals surface area (Å²) in [4.78, 5) is 15.5. The van der Waals surface area contributed by atoms with E-state index in [2.05, 4.69) is 79.2 Å². The first-order valence-electron chi connectivity index (χ1n) is 10.7. The fourth-order valence-corrected chi connectivity index (χ4v) is 6.89. The lowest BCUT2D eigenvalue weighted by molar-refractivity contribution is 0.0983. The smallest absolute Gasteiger partial charge is 0.260 e. The molecule has 0 aliphatic carbocycles. The fraction of sp³-hybridized carbons (Fsp3) is 0.240. The standard InChI is InChI=1S/C25H21I3N2O4/c1-33-20-8-17-18(29-10-16-7-13-4-2-3-5-19(13)30(16)25(17)32)9-21(20)34-12-15-6-14(11-31)22(26)24(28)23(15)27/h2-6,8-9,16,29,31H,7,10-12H2,1H3/t16-/m0/s1. The summed E-state index contributed by atoms with van der Waals surface area (Å²) in [6.45, 7) is 0.961. The average Bonchev–Trinajstić information content (AvgIpc) is 3.17. The SMILES string of the molecule is COc1cc2c(cc1OCc1cc(CO)c(I)c(I)c1I)NC[C@@H]1Cc3ccccc3N1C2=O. The molecule has 5 rings (SSSR count). The number of nitrogens with one attached hydrogen (secondary N) is 1. The Morgan fingerprint density at radius 1 is 1.06 bits per heavy atom. The van der Waals surface area contributed by atoms with Gasteiger partial charge in [-0.3, -0.25) is 4.79 Å². The molecule has 176 valence electrons. The van der Waals surface area contributed by atoms with Crippen LogP contribution < -0.4 is 19.7 Å². The number of rotatable bonds is 5. The lowest BCUT2D eigenvalue weighted by Crippen LogP contribution is -2.39. The Balaban J connectivity index is 1.47.